The molecule has 24 heavy (non-hydrogen) atoms. The molecule has 0 saturated carbocycles. The molecule has 1 aliphatic carbocycles. The predicted octanol–water partition coefficient (Wildman–Crippen LogP) is 2.73. The van der Waals surface area contributed by atoms with Crippen molar-refractivity contribution in [3.8, 4) is 0 Å². The molecule has 0 bridgehead atoms. The fourth-order valence-electron chi connectivity index (χ4n) is 2.74. The SMILES string of the molecule is CNC(=O)Nc1ccc(NS(=O)(=O)c2ccc3c(c2)CCC3)cc1. The van der Waals surface area contributed by atoms with Gasteiger partial charge in [-0.15, -0.1) is 0 Å². The normalized spacial score (nSPS) is 13.2. The maximum absolute atomic E-state index is 12.5. The van der Waals surface area contributed by atoms with E-state index in [9.17, 15) is 13.2 Å². The molecular weight excluding hydrogens is 326 g/mol. The van der Waals surface area contributed by atoms with Crippen LogP contribution in [-0.2, 0) is 22.9 Å². The number of benzene rings is 2. The van der Waals surface area contributed by atoms with E-state index in [0.717, 1.165) is 24.8 Å². The minimum absolute atomic E-state index is 0.274. The van der Waals surface area contributed by atoms with Gasteiger partial charge in [0.25, 0.3) is 10.0 Å². The molecule has 0 aromatic heterocycles. The van der Waals surface area contributed by atoms with Gasteiger partial charge in [-0.05, 0) is 66.8 Å². The number of carbonyl (C=O) groups is 1. The number of urea groups is 1. The number of sulfonamides is 1. The van der Waals surface area contributed by atoms with Crippen molar-refractivity contribution in [2.75, 3.05) is 17.1 Å². The summed E-state index contributed by atoms with van der Waals surface area (Å²) in [6, 6.07) is 11.5. The highest BCUT2D eigenvalue weighted by Crippen LogP contribution is 2.26. The van der Waals surface area contributed by atoms with E-state index in [1.165, 1.54) is 12.6 Å². The molecule has 0 radical (unpaired) electrons. The van der Waals surface area contributed by atoms with E-state index in [2.05, 4.69) is 15.4 Å². The number of carbonyl (C=O) groups excluding carboxylic acids is 1. The minimum Gasteiger partial charge on any atom is -0.341 e. The van der Waals surface area contributed by atoms with Crippen LogP contribution in [0.4, 0.5) is 16.2 Å². The number of aryl methyl sites for hydroxylation is 2. The van der Waals surface area contributed by atoms with E-state index in [4.69, 9.17) is 0 Å². The molecule has 126 valence electrons. The third-order valence-electron chi connectivity index (χ3n) is 4.00. The Balaban J connectivity index is 1.76. The monoisotopic (exact) mass is 345 g/mol. The predicted molar refractivity (Wildman–Crippen MR) is 93.8 cm³/mol. The summed E-state index contributed by atoms with van der Waals surface area (Å²) in [6.07, 6.45) is 3.02. The zero-order chi connectivity index (χ0) is 17.2. The van der Waals surface area contributed by atoms with Gasteiger partial charge in [0.2, 0.25) is 0 Å². The van der Waals surface area contributed by atoms with Gasteiger partial charge in [-0.1, -0.05) is 6.07 Å². The zero-order valence-corrected chi connectivity index (χ0v) is 14.1. The number of anilines is 2. The maximum Gasteiger partial charge on any atom is 0.318 e. The average molecular weight is 345 g/mol. The van der Waals surface area contributed by atoms with Crippen molar-refractivity contribution in [1.29, 1.82) is 0 Å². The van der Waals surface area contributed by atoms with Gasteiger partial charge in [0, 0.05) is 18.4 Å². The molecule has 0 aliphatic heterocycles. The van der Waals surface area contributed by atoms with Crippen LogP contribution in [-0.4, -0.2) is 21.5 Å². The zero-order valence-electron chi connectivity index (χ0n) is 13.3. The van der Waals surface area contributed by atoms with Gasteiger partial charge in [-0.25, -0.2) is 13.2 Å². The number of fused-ring (bicyclic) bond motifs is 1. The smallest absolute Gasteiger partial charge is 0.318 e. The first-order valence-electron chi connectivity index (χ1n) is 7.71. The molecular formula is C17H19N3O3S. The summed E-state index contributed by atoms with van der Waals surface area (Å²) in [5.41, 5.74) is 3.37. The number of rotatable bonds is 4. The largest absolute Gasteiger partial charge is 0.341 e. The summed E-state index contributed by atoms with van der Waals surface area (Å²) < 4.78 is 27.6. The van der Waals surface area contributed by atoms with Gasteiger partial charge in [0.15, 0.2) is 0 Å². The summed E-state index contributed by atoms with van der Waals surface area (Å²) in [5, 5.41) is 5.06. The molecule has 2 amide bonds. The lowest BCUT2D eigenvalue weighted by Crippen LogP contribution is -2.24. The van der Waals surface area contributed by atoms with Gasteiger partial charge in [0.1, 0.15) is 0 Å². The van der Waals surface area contributed by atoms with Crippen molar-refractivity contribution in [2.45, 2.75) is 24.2 Å². The molecule has 0 spiro atoms. The molecule has 2 aromatic carbocycles. The van der Waals surface area contributed by atoms with E-state index in [1.807, 2.05) is 6.07 Å². The van der Waals surface area contributed by atoms with Crippen LogP contribution < -0.4 is 15.4 Å². The Hall–Kier alpha value is -2.54. The van der Waals surface area contributed by atoms with Crippen molar-refractivity contribution in [3.63, 3.8) is 0 Å². The molecule has 0 unspecified atom stereocenters. The lowest BCUT2D eigenvalue weighted by molar-refractivity contribution is 0.254. The standard InChI is InChI=1S/C17H19N3O3S/c1-18-17(21)19-14-6-8-15(9-7-14)20-24(22,23)16-10-5-12-3-2-4-13(12)11-16/h5-11,20H,2-4H2,1H3,(H2,18,19,21). The topological polar surface area (TPSA) is 87.3 Å². The van der Waals surface area contributed by atoms with Crippen LogP contribution in [0.1, 0.15) is 17.5 Å². The molecule has 6 nitrogen and oxygen atoms in total. The first kappa shape index (κ1) is 16.3. The van der Waals surface area contributed by atoms with E-state index >= 15 is 0 Å². The molecule has 0 fully saturated rings. The number of amides is 2. The first-order valence-corrected chi connectivity index (χ1v) is 9.20. The highest BCUT2D eigenvalue weighted by atomic mass is 32.2. The summed E-state index contributed by atoms with van der Waals surface area (Å²) in [4.78, 5) is 11.5. The van der Waals surface area contributed by atoms with Crippen LogP contribution in [0.5, 0.6) is 0 Å². The summed E-state index contributed by atoms with van der Waals surface area (Å²) >= 11 is 0. The van der Waals surface area contributed by atoms with Crippen LogP contribution in [0.2, 0.25) is 0 Å². The molecule has 3 N–H and O–H groups in total. The third kappa shape index (κ3) is 3.51. The van der Waals surface area contributed by atoms with Crippen molar-refractivity contribution < 1.29 is 13.2 Å². The number of hydrogen-bond acceptors (Lipinski definition) is 3. The van der Waals surface area contributed by atoms with Gasteiger partial charge < -0.3 is 10.6 Å². The fraction of sp³-hybridized carbons (Fsp3) is 0.235. The van der Waals surface area contributed by atoms with Gasteiger partial charge in [-0.2, -0.15) is 0 Å². The fourth-order valence-corrected chi connectivity index (χ4v) is 3.85. The van der Waals surface area contributed by atoms with Crippen LogP contribution in [0.3, 0.4) is 0 Å². The lowest BCUT2D eigenvalue weighted by atomic mass is 10.1. The number of nitrogens with one attached hydrogen (secondary N) is 3. The van der Waals surface area contributed by atoms with Gasteiger partial charge in [-0.3, -0.25) is 4.72 Å². The van der Waals surface area contributed by atoms with E-state index in [0.29, 0.717) is 11.4 Å². The molecule has 0 heterocycles. The van der Waals surface area contributed by atoms with Crippen LogP contribution >= 0.6 is 0 Å². The van der Waals surface area contributed by atoms with E-state index in [-0.39, 0.29) is 10.9 Å². The van der Waals surface area contributed by atoms with Crippen molar-refractivity contribution in [3.05, 3.63) is 53.6 Å². The second kappa shape index (κ2) is 6.52. The Morgan fingerprint density at radius 1 is 0.958 bits per heavy atom. The highest BCUT2D eigenvalue weighted by molar-refractivity contribution is 7.92. The van der Waals surface area contributed by atoms with Crippen molar-refractivity contribution in [2.24, 2.45) is 0 Å². The van der Waals surface area contributed by atoms with Crippen LogP contribution in [0.25, 0.3) is 0 Å². The molecule has 7 heteroatoms. The second-order valence-corrected chi connectivity index (χ2v) is 7.35. The molecule has 2 aromatic rings. The lowest BCUT2D eigenvalue weighted by Gasteiger charge is -2.10. The van der Waals surface area contributed by atoms with Gasteiger partial charge in [0.05, 0.1) is 4.90 Å². The Kier molecular flexibility index (Phi) is 4.44. The van der Waals surface area contributed by atoms with Crippen LogP contribution in [0.15, 0.2) is 47.4 Å². The average Bonchev–Trinajstić information content (AvgIpc) is 3.04. The Morgan fingerprint density at radius 3 is 2.33 bits per heavy atom. The minimum atomic E-state index is -3.63. The Labute approximate surface area is 141 Å². The number of hydrogen-bond donors (Lipinski definition) is 3. The Bertz CT molecular complexity index is 861. The van der Waals surface area contributed by atoms with Crippen LogP contribution in [0, 0.1) is 0 Å². The van der Waals surface area contributed by atoms with E-state index < -0.39 is 10.0 Å². The second-order valence-electron chi connectivity index (χ2n) is 5.67. The third-order valence-corrected chi connectivity index (χ3v) is 5.38. The summed E-state index contributed by atoms with van der Waals surface area (Å²) in [5.74, 6) is 0. The summed E-state index contributed by atoms with van der Waals surface area (Å²) in [6.45, 7) is 0. The Morgan fingerprint density at radius 2 is 1.62 bits per heavy atom. The molecule has 1 aliphatic rings. The first-order chi connectivity index (χ1) is 11.5. The maximum atomic E-state index is 12.5. The summed E-state index contributed by atoms with van der Waals surface area (Å²) in [7, 11) is -2.10. The van der Waals surface area contributed by atoms with Crippen molar-refractivity contribution in [1.82, 2.24) is 5.32 Å². The molecule has 0 atom stereocenters. The van der Waals surface area contributed by atoms with E-state index in [1.54, 1.807) is 36.4 Å². The van der Waals surface area contributed by atoms with Crippen molar-refractivity contribution >= 4 is 27.4 Å². The highest BCUT2D eigenvalue weighted by Gasteiger charge is 2.18. The van der Waals surface area contributed by atoms with Gasteiger partial charge >= 0.3 is 6.03 Å². The molecule has 3 rings (SSSR count). The molecule has 0 saturated heterocycles. The quantitative estimate of drug-likeness (QED) is 0.796.